The maximum atomic E-state index is 13.1. The molecule has 1 rings (SSSR count). The van der Waals surface area contributed by atoms with Crippen LogP contribution in [0.15, 0.2) is 34.6 Å². The SMILES string of the molecule is F/C(=C(\c1cccc(Br)c1)C(F)(F)F)C(F)(F)Cl. The molecule has 0 nitrogen and oxygen atoms in total. The molecule has 0 aliphatic rings. The highest BCUT2D eigenvalue weighted by atomic mass is 79.9. The van der Waals surface area contributed by atoms with Crippen molar-refractivity contribution in [3.05, 3.63) is 40.1 Å². The molecule has 0 saturated heterocycles. The van der Waals surface area contributed by atoms with Crippen molar-refractivity contribution in [1.29, 1.82) is 0 Å². The Bertz CT molecular complexity index is 474. The van der Waals surface area contributed by atoms with Crippen LogP contribution in [0.3, 0.4) is 0 Å². The summed E-state index contributed by atoms with van der Waals surface area (Å²) in [5.41, 5.74) is -2.83. The molecule has 0 spiro atoms. The molecule has 0 amide bonds. The zero-order chi connectivity index (χ0) is 14.1. The lowest BCUT2D eigenvalue weighted by Gasteiger charge is -2.16. The molecule has 0 aliphatic heterocycles. The molecule has 18 heavy (non-hydrogen) atoms. The van der Waals surface area contributed by atoms with Crippen molar-refractivity contribution in [1.82, 2.24) is 0 Å². The van der Waals surface area contributed by atoms with Gasteiger partial charge in [-0.3, -0.25) is 0 Å². The number of allylic oxidation sites excluding steroid dienone is 2. The predicted octanol–water partition coefficient (Wildman–Crippen LogP) is 5.52. The van der Waals surface area contributed by atoms with Crippen molar-refractivity contribution in [2.24, 2.45) is 0 Å². The standard InChI is InChI=1S/C10H4BrClF6/c11-6-3-1-2-5(4-6)7(10(16,17)18)8(13)9(12,14)15/h1-4H/b8-7+. The molecule has 0 bridgehead atoms. The average Bonchev–Trinajstić information content (AvgIpc) is 2.13. The predicted molar refractivity (Wildman–Crippen MR) is 59.0 cm³/mol. The van der Waals surface area contributed by atoms with Crippen molar-refractivity contribution in [3.63, 3.8) is 0 Å². The summed E-state index contributed by atoms with van der Waals surface area (Å²) in [4.78, 5) is 0. The van der Waals surface area contributed by atoms with E-state index < -0.39 is 28.5 Å². The molecule has 0 radical (unpaired) electrons. The van der Waals surface area contributed by atoms with Crippen LogP contribution < -0.4 is 0 Å². The van der Waals surface area contributed by atoms with E-state index >= 15 is 0 Å². The van der Waals surface area contributed by atoms with Gasteiger partial charge in [0.15, 0.2) is 5.83 Å². The van der Waals surface area contributed by atoms with Gasteiger partial charge in [-0.05, 0) is 29.3 Å². The Kier molecular flexibility index (Phi) is 4.38. The number of alkyl halides is 6. The first kappa shape index (κ1) is 15.4. The Balaban J connectivity index is 3.51. The van der Waals surface area contributed by atoms with Gasteiger partial charge in [-0.2, -0.15) is 22.0 Å². The van der Waals surface area contributed by atoms with Gasteiger partial charge in [0.25, 0.3) is 0 Å². The lowest BCUT2D eigenvalue weighted by Crippen LogP contribution is -2.18. The van der Waals surface area contributed by atoms with Gasteiger partial charge in [0.2, 0.25) is 0 Å². The highest BCUT2D eigenvalue weighted by Crippen LogP contribution is 2.43. The van der Waals surface area contributed by atoms with E-state index in [0.29, 0.717) is 0 Å². The zero-order valence-electron chi connectivity index (χ0n) is 8.33. The van der Waals surface area contributed by atoms with Gasteiger partial charge in [-0.15, -0.1) is 0 Å². The second kappa shape index (κ2) is 5.13. The summed E-state index contributed by atoms with van der Waals surface area (Å²) in [6, 6.07) is 4.25. The Labute approximate surface area is 111 Å². The van der Waals surface area contributed by atoms with E-state index in [2.05, 4.69) is 27.5 Å². The topological polar surface area (TPSA) is 0 Å². The number of halogens is 8. The molecule has 0 fully saturated rings. The summed E-state index contributed by atoms with van der Waals surface area (Å²) in [5, 5.41) is -4.72. The third-order valence-electron chi connectivity index (χ3n) is 1.87. The molecule has 0 saturated carbocycles. The fourth-order valence-electron chi connectivity index (χ4n) is 1.20. The fraction of sp³-hybridized carbons (Fsp3) is 0.200. The van der Waals surface area contributed by atoms with Crippen molar-refractivity contribution in [3.8, 4) is 0 Å². The van der Waals surface area contributed by atoms with Crippen LogP contribution in [0.5, 0.6) is 0 Å². The van der Waals surface area contributed by atoms with Crippen LogP contribution in [0, 0.1) is 0 Å². The van der Waals surface area contributed by atoms with Crippen LogP contribution in [0.1, 0.15) is 5.56 Å². The first-order chi connectivity index (χ1) is 8.03. The van der Waals surface area contributed by atoms with Gasteiger partial charge in [-0.1, -0.05) is 28.1 Å². The highest BCUT2D eigenvalue weighted by Gasteiger charge is 2.45. The Morgan fingerprint density at radius 2 is 1.67 bits per heavy atom. The molecular weight excluding hydrogens is 349 g/mol. The van der Waals surface area contributed by atoms with Crippen LogP contribution in [0.2, 0.25) is 0 Å². The monoisotopic (exact) mass is 352 g/mol. The Morgan fingerprint density at radius 3 is 2.06 bits per heavy atom. The van der Waals surface area contributed by atoms with Gasteiger partial charge in [0, 0.05) is 4.47 Å². The van der Waals surface area contributed by atoms with E-state index in [9.17, 15) is 26.3 Å². The quantitative estimate of drug-likeness (QED) is 0.485. The van der Waals surface area contributed by atoms with Gasteiger partial charge in [0.05, 0.1) is 0 Å². The van der Waals surface area contributed by atoms with Gasteiger partial charge in [-0.25, -0.2) is 4.39 Å². The Morgan fingerprint density at radius 1 is 1.11 bits per heavy atom. The molecular formula is C10H4BrClF6. The summed E-state index contributed by atoms with van der Waals surface area (Å²) in [5.74, 6) is -2.73. The maximum absolute atomic E-state index is 13.1. The summed E-state index contributed by atoms with van der Waals surface area (Å²) in [6.45, 7) is 0. The third-order valence-corrected chi connectivity index (χ3v) is 2.52. The van der Waals surface area contributed by atoms with Gasteiger partial charge in [0.1, 0.15) is 5.57 Å². The molecule has 100 valence electrons. The number of rotatable bonds is 2. The van der Waals surface area contributed by atoms with Crippen LogP contribution >= 0.6 is 27.5 Å². The van der Waals surface area contributed by atoms with Crippen LogP contribution in [-0.2, 0) is 0 Å². The first-order valence-electron chi connectivity index (χ1n) is 4.33. The molecule has 1 aromatic carbocycles. The first-order valence-corrected chi connectivity index (χ1v) is 5.50. The summed E-state index contributed by atoms with van der Waals surface area (Å²) >= 11 is 7.16. The maximum Gasteiger partial charge on any atom is 0.419 e. The molecule has 0 unspecified atom stereocenters. The molecule has 0 atom stereocenters. The van der Waals surface area contributed by atoms with Crippen molar-refractivity contribution >= 4 is 33.1 Å². The van der Waals surface area contributed by atoms with E-state index in [0.717, 1.165) is 18.2 Å². The van der Waals surface area contributed by atoms with E-state index in [1.807, 2.05) is 0 Å². The minimum Gasteiger partial charge on any atom is -0.203 e. The molecule has 0 N–H and O–H groups in total. The normalized spacial score (nSPS) is 14.4. The molecule has 0 aliphatic carbocycles. The molecule has 8 heteroatoms. The number of benzene rings is 1. The summed E-state index contributed by atoms with van der Waals surface area (Å²) in [7, 11) is 0. The van der Waals surface area contributed by atoms with Crippen molar-refractivity contribution in [2.75, 3.05) is 0 Å². The highest BCUT2D eigenvalue weighted by molar-refractivity contribution is 9.10. The second-order valence-electron chi connectivity index (χ2n) is 3.19. The van der Waals surface area contributed by atoms with Gasteiger partial charge >= 0.3 is 11.6 Å². The number of hydrogen-bond acceptors (Lipinski definition) is 0. The van der Waals surface area contributed by atoms with Crippen LogP contribution in [0.4, 0.5) is 26.3 Å². The van der Waals surface area contributed by atoms with Gasteiger partial charge < -0.3 is 0 Å². The lowest BCUT2D eigenvalue weighted by atomic mass is 10.0. The molecule has 0 aromatic heterocycles. The minimum absolute atomic E-state index is 0.187. The molecule has 0 heterocycles. The summed E-state index contributed by atoms with van der Waals surface area (Å²) < 4.78 is 76.2. The van der Waals surface area contributed by atoms with E-state index in [-0.39, 0.29) is 4.47 Å². The van der Waals surface area contributed by atoms with Crippen molar-refractivity contribution < 1.29 is 26.3 Å². The minimum atomic E-state index is -5.29. The number of hydrogen-bond donors (Lipinski definition) is 0. The third kappa shape index (κ3) is 3.65. The lowest BCUT2D eigenvalue weighted by molar-refractivity contribution is -0.0720. The smallest absolute Gasteiger partial charge is 0.203 e. The van der Waals surface area contributed by atoms with E-state index in [1.165, 1.54) is 6.07 Å². The fourth-order valence-corrected chi connectivity index (χ4v) is 1.69. The van der Waals surface area contributed by atoms with Crippen LogP contribution in [-0.4, -0.2) is 11.6 Å². The van der Waals surface area contributed by atoms with E-state index in [1.54, 1.807) is 0 Å². The van der Waals surface area contributed by atoms with Crippen LogP contribution in [0.25, 0.3) is 5.57 Å². The summed E-state index contributed by atoms with van der Waals surface area (Å²) in [6.07, 6.45) is -5.29. The zero-order valence-corrected chi connectivity index (χ0v) is 10.7. The molecule has 1 aromatic rings. The average molecular weight is 353 g/mol. The second-order valence-corrected chi connectivity index (χ2v) is 4.59. The Hall–Kier alpha value is -0.690. The van der Waals surface area contributed by atoms with Crippen molar-refractivity contribution in [2.45, 2.75) is 11.6 Å². The van der Waals surface area contributed by atoms with E-state index in [4.69, 9.17) is 0 Å². The largest absolute Gasteiger partial charge is 0.419 e.